The van der Waals surface area contributed by atoms with Gasteiger partial charge in [0.15, 0.2) is 0 Å². The van der Waals surface area contributed by atoms with E-state index in [0.717, 1.165) is 12.2 Å². The van der Waals surface area contributed by atoms with Gasteiger partial charge < -0.3 is 10.6 Å². The minimum atomic E-state index is -0.286. The lowest BCUT2D eigenvalue weighted by molar-refractivity contribution is -0.121. The zero-order valence-corrected chi connectivity index (χ0v) is 11.6. The topological polar surface area (TPSA) is 41.1 Å². The predicted molar refractivity (Wildman–Crippen MR) is 80.5 cm³/mol. The number of hydrogen-bond donors (Lipinski definition) is 2. The summed E-state index contributed by atoms with van der Waals surface area (Å²) in [6.07, 6.45) is 0.415. The molecule has 1 heterocycles. The molecule has 0 bridgehead atoms. The molecule has 2 aromatic rings. The maximum Gasteiger partial charge on any atom is 0.220 e. The smallest absolute Gasteiger partial charge is 0.220 e. The molecule has 0 aliphatic carbocycles. The van der Waals surface area contributed by atoms with Crippen LogP contribution in [0.2, 0.25) is 0 Å². The van der Waals surface area contributed by atoms with Crippen LogP contribution in [0.15, 0.2) is 48.5 Å². The van der Waals surface area contributed by atoms with E-state index in [1.165, 1.54) is 11.6 Å². The Hall–Kier alpha value is -2.36. The van der Waals surface area contributed by atoms with Crippen molar-refractivity contribution in [2.45, 2.75) is 18.9 Å². The largest absolute Gasteiger partial charge is 0.384 e. The van der Waals surface area contributed by atoms with Crippen molar-refractivity contribution in [1.29, 1.82) is 0 Å². The molecule has 3 nitrogen and oxygen atoms in total. The SMILES string of the molecule is O=C(CC1CNc2ccccc21)NCc1ccccc1F. The lowest BCUT2D eigenvalue weighted by Gasteiger charge is -2.11. The van der Waals surface area contributed by atoms with Crippen molar-refractivity contribution in [3.8, 4) is 0 Å². The first kappa shape index (κ1) is 13.6. The molecule has 0 saturated heterocycles. The summed E-state index contributed by atoms with van der Waals surface area (Å²) in [4.78, 5) is 12.0. The van der Waals surface area contributed by atoms with Crippen LogP contribution in [0.25, 0.3) is 0 Å². The molecule has 1 aliphatic rings. The van der Waals surface area contributed by atoms with E-state index in [1.807, 2.05) is 24.3 Å². The third kappa shape index (κ3) is 3.05. The van der Waals surface area contributed by atoms with Gasteiger partial charge in [-0.1, -0.05) is 36.4 Å². The fraction of sp³-hybridized carbons (Fsp3) is 0.235. The number of para-hydroxylation sites is 1. The van der Waals surface area contributed by atoms with Gasteiger partial charge in [-0.15, -0.1) is 0 Å². The van der Waals surface area contributed by atoms with Crippen molar-refractivity contribution in [3.05, 3.63) is 65.5 Å². The van der Waals surface area contributed by atoms with Crippen molar-refractivity contribution in [2.75, 3.05) is 11.9 Å². The van der Waals surface area contributed by atoms with Crippen LogP contribution in [-0.2, 0) is 11.3 Å². The molecule has 0 saturated carbocycles. The van der Waals surface area contributed by atoms with E-state index < -0.39 is 0 Å². The predicted octanol–water partition coefficient (Wildman–Crippen LogP) is 3.04. The summed E-state index contributed by atoms with van der Waals surface area (Å²) in [5.41, 5.74) is 2.79. The number of carbonyl (C=O) groups is 1. The molecule has 0 fully saturated rings. The Morgan fingerprint density at radius 2 is 1.95 bits per heavy atom. The number of halogens is 1. The Labute approximate surface area is 123 Å². The van der Waals surface area contributed by atoms with Gasteiger partial charge in [0.25, 0.3) is 0 Å². The van der Waals surface area contributed by atoms with Gasteiger partial charge in [-0.25, -0.2) is 4.39 Å². The van der Waals surface area contributed by atoms with Crippen molar-refractivity contribution >= 4 is 11.6 Å². The number of anilines is 1. The fourth-order valence-electron chi connectivity index (χ4n) is 2.67. The van der Waals surface area contributed by atoms with E-state index in [4.69, 9.17) is 0 Å². The van der Waals surface area contributed by atoms with Gasteiger partial charge in [0, 0.05) is 36.7 Å². The summed E-state index contributed by atoms with van der Waals surface area (Å²) in [6.45, 7) is 1.000. The molecule has 2 N–H and O–H groups in total. The standard InChI is InChI=1S/C17H17FN2O/c18-15-7-3-1-5-12(15)10-20-17(21)9-13-11-19-16-8-4-2-6-14(13)16/h1-8,13,19H,9-11H2,(H,20,21). The summed E-state index contributed by atoms with van der Waals surface area (Å²) in [7, 11) is 0. The van der Waals surface area contributed by atoms with E-state index in [1.54, 1.807) is 18.2 Å². The third-order valence-electron chi connectivity index (χ3n) is 3.81. The highest BCUT2D eigenvalue weighted by molar-refractivity contribution is 5.78. The normalized spacial score (nSPS) is 16.1. The minimum absolute atomic E-state index is 0.0539. The zero-order chi connectivity index (χ0) is 14.7. The molecule has 1 amide bonds. The van der Waals surface area contributed by atoms with Crippen molar-refractivity contribution in [3.63, 3.8) is 0 Å². The number of nitrogens with one attached hydrogen (secondary N) is 2. The molecular weight excluding hydrogens is 267 g/mol. The van der Waals surface area contributed by atoms with E-state index in [-0.39, 0.29) is 24.2 Å². The number of amides is 1. The van der Waals surface area contributed by atoms with Crippen LogP contribution >= 0.6 is 0 Å². The summed E-state index contributed by atoms with van der Waals surface area (Å²) >= 11 is 0. The van der Waals surface area contributed by atoms with E-state index in [9.17, 15) is 9.18 Å². The van der Waals surface area contributed by atoms with Gasteiger partial charge in [0.1, 0.15) is 5.82 Å². The number of benzene rings is 2. The van der Waals surface area contributed by atoms with Crippen molar-refractivity contribution in [2.24, 2.45) is 0 Å². The van der Waals surface area contributed by atoms with Crippen molar-refractivity contribution < 1.29 is 9.18 Å². The Bertz CT molecular complexity index is 657. The molecule has 108 valence electrons. The minimum Gasteiger partial charge on any atom is -0.384 e. The highest BCUT2D eigenvalue weighted by atomic mass is 19.1. The second-order valence-corrected chi connectivity index (χ2v) is 5.24. The number of carbonyl (C=O) groups excluding carboxylic acids is 1. The first-order valence-electron chi connectivity index (χ1n) is 7.07. The van der Waals surface area contributed by atoms with Gasteiger partial charge in [0.05, 0.1) is 0 Å². The highest BCUT2D eigenvalue weighted by Crippen LogP contribution is 2.32. The van der Waals surface area contributed by atoms with Crippen LogP contribution in [0.3, 0.4) is 0 Å². The third-order valence-corrected chi connectivity index (χ3v) is 3.81. The van der Waals surface area contributed by atoms with Crippen LogP contribution in [0.1, 0.15) is 23.5 Å². The zero-order valence-electron chi connectivity index (χ0n) is 11.6. The van der Waals surface area contributed by atoms with Gasteiger partial charge in [-0.2, -0.15) is 0 Å². The Balaban J connectivity index is 1.57. The average Bonchev–Trinajstić information content (AvgIpc) is 2.90. The Kier molecular flexibility index (Phi) is 3.86. The molecule has 0 radical (unpaired) electrons. The molecule has 21 heavy (non-hydrogen) atoms. The maximum atomic E-state index is 13.5. The highest BCUT2D eigenvalue weighted by Gasteiger charge is 2.23. The molecule has 1 atom stereocenters. The van der Waals surface area contributed by atoms with Gasteiger partial charge in [-0.05, 0) is 17.7 Å². The maximum absolute atomic E-state index is 13.5. The Morgan fingerprint density at radius 3 is 2.81 bits per heavy atom. The van der Waals surface area contributed by atoms with Crippen molar-refractivity contribution in [1.82, 2.24) is 5.32 Å². The van der Waals surface area contributed by atoms with Gasteiger partial charge in [-0.3, -0.25) is 4.79 Å². The molecule has 0 aromatic heterocycles. The van der Waals surface area contributed by atoms with E-state index in [2.05, 4.69) is 10.6 Å². The summed E-state index contributed by atoms with van der Waals surface area (Å²) in [5.74, 6) is -0.158. The second kappa shape index (κ2) is 5.95. The quantitative estimate of drug-likeness (QED) is 0.906. The second-order valence-electron chi connectivity index (χ2n) is 5.24. The molecule has 2 aromatic carbocycles. The molecule has 1 unspecified atom stereocenters. The van der Waals surface area contributed by atoms with Crippen LogP contribution in [0.5, 0.6) is 0 Å². The first-order chi connectivity index (χ1) is 10.2. The summed E-state index contributed by atoms with van der Waals surface area (Å²) in [6, 6.07) is 14.5. The molecule has 0 spiro atoms. The van der Waals surface area contributed by atoms with E-state index in [0.29, 0.717) is 12.0 Å². The number of rotatable bonds is 4. The molecule has 1 aliphatic heterocycles. The van der Waals surface area contributed by atoms with Crippen LogP contribution < -0.4 is 10.6 Å². The number of hydrogen-bond acceptors (Lipinski definition) is 2. The molecular formula is C17H17FN2O. The Morgan fingerprint density at radius 1 is 1.19 bits per heavy atom. The molecule has 3 rings (SSSR count). The summed E-state index contributed by atoms with van der Waals surface area (Å²) < 4.78 is 13.5. The van der Waals surface area contributed by atoms with E-state index >= 15 is 0 Å². The molecule has 4 heteroatoms. The lowest BCUT2D eigenvalue weighted by atomic mass is 9.97. The first-order valence-corrected chi connectivity index (χ1v) is 7.07. The van der Waals surface area contributed by atoms with Crippen LogP contribution in [0.4, 0.5) is 10.1 Å². The van der Waals surface area contributed by atoms with Gasteiger partial charge in [0.2, 0.25) is 5.91 Å². The average molecular weight is 284 g/mol. The van der Waals surface area contributed by atoms with Crippen LogP contribution in [-0.4, -0.2) is 12.5 Å². The fourth-order valence-corrected chi connectivity index (χ4v) is 2.67. The lowest BCUT2D eigenvalue weighted by Crippen LogP contribution is -2.25. The summed E-state index contributed by atoms with van der Waals surface area (Å²) in [5, 5.41) is 6.09. The van der Waals surface area contributed by atoms with Gasteiger partial charge >= 0.3 is 0 Å². The monoisotopic (exact) mass is 284 g/mol. The van der Waals surface area contributed by atoms with Crippen LogP contribution in [0, 0.1) is 5.82 Å². The number of fused-ring (bicyclic) bond motifs is 1.